The lowest BCUT2D eigenvalue weighted by Crippen LogP contribution is -2.32. The third-order valence-electron chi connectivity index (χ3n) is 3.10. The molecule has 2 heterocycles. The van der Waals surface area contributed by atoms with Crippen molar-refractivity contribution in [2.75, 3.05) is 6.54 Å². The topological polar surface area (TPSA) is 50.7 Å². The molecule has 1 N–H and O–H groups in total. The van der Waals surface area contributed by atoms with E-state index >= 15 is 0 Å². The molecule has 1 atom stereocenters. The van der Waals surface area contributed by atoms with Gasteiger partial charge in [-0.15, -0.1) is 11.3 Å². The highest BCUT2D eigenvalue weighted by molar-refractivity contribution is 7.17. The zero-order chi connectivity index (χ0) is 13.2. The molecule has 0 saturated heterocycles. The Labute approximate surface area is 115 Å². The maximum atomic E-state index is 12.2. The standard InChI is InChI=1S/C14H14N2O2S/c1-9-6-10(18-16-9)7-15-14(17)12-8-19-13-5-3-2-4-11(12)13/h2-5,8,10H,6-7H2,1H3,(H,15,17). The second kappa shape index (κ2) is 5.01. The normalized spacial score (nSPS) is 18.2. The van der Waals surface area contributed by atoms with Crippen LogP contribution in [0.4, 0.5) is 0 Å². The fraction of sp³-hybridized carbons (Fsp3) is 0.286. The Hall–Kier alpha value is -1.88. The first-order valence-corrected chi connectivity index (χ1v) is 7.06. The van der Waals surface area contributed by atoms with Crippen molar-refractivity contribution < 1.29 is 9.63 Å². The Balaban J connectivity index is 1.67. The zero-order valence-electron chi connectivity index (χ0n) is 10.6. The molecule has 3 rings (SSSR count). The van der Waals surface area contributed by atoms with E-state index in [0.717, 1.165) is 27.8 Å². The van der Waals surface area contributed by atoms with Crippen LogP contribution < -0.4 is 5.32 Å². The molecule has 0 radical (unpaired) electrons. The molecule has 5 heteroatoms. The minimum Gasteiger partial charge on any atom is -0.390 e. The van der Waals surface area contributed by atoms with Crippen molar-refractivity contribution >= 4 is 33.0 Å². The molecule has 1 aliphatic rings. The second-order valence-electron chi connectivity index (χ2n) is 4.61. The van der Waals surface area contributed by atoms with Crippen molar-refractivity contribution in [2.45, 2.75) is 19.4 Å². The van der Waals surface area contributed by atoms with Gasteiger partial charge in [-0.2, -0.15) is 0 Å². The maximum absolute atomic E-state index is 12.2. The van der Waals surface area contributed by atoms with Crippen LogP contribution in [-0.2, 0) is 4.84 Å². The molecule has 1 aromatic heterocycles. The Kier molecular flexibility index (Phi) is 3.21. The number of nitrogens with one attached hydrogen (secondary N) is 1. The number of hydrogen-bond donors (Lipinski definition) is 1. The number of carbonyl (C=O) groups excluding carboxylic acids is 1. The molecular formula is C14H14N2O2S. The van der Waals surface area contributed by atoms with E-state index in [2.05, 4.69) is 10.5 Å². The summed E-state index contributed by atoms with van der Waals surface area (Å²) in [7, 11) is 0. The van der Waals surface area contributed by atoms with Gasteiger partial charge in [-0.05, 0) is 13.0 Å². The lowest BCUT2D eigenvalue weighted by atomic mass is 10.1. The average Bonchev–Trinajstić information content (AvgIpc) is 3.02. The second-order valence-corrected chi connectivity index (χ2v) is 5.52. The minimum absolute atomic E-state index is 0.0335. The highest BCUT2D eigenvalue weighted by Crippen LogP contribution is 2.25. The number of thiophene rings is 1. The molecule has 19 heavy (non-hydrogen) atoms. The summed E-state index contributed by atoms with van der Waals surface area (Å²) in [4.78, 5) is 17.4. The Bertz CT molecular complexity index is 648. The van der Waals surface area contributed by atoms with Gasteiger partial charge in [0.05, 0.1) is 17.8 Å². The van der Waals surface area contributed by atoms with E-state index in [1.165, 1.54) is 0 Å². The van der Waals surface area contributed by atoms with Gasteiger partial charge in [0.15, 0.2) is 0 Å². The van der Waals surface area contributed by atoms with Gasteiger partial charge < -0.3 is 10.2 Å². The third kappa shape index (κ3) is 2.46. The van der Waals surface area contributed by atoms with E-state index in [9.17, 15) is 4.79 Å². The first-order chi connectivity index (χ1) is 9.24. The van der Waals surface area contributed by atoms with E-state index in [-0.39, 0.29) is 12.0 Å². The monoisotopic (exact) mass is 274 g/mol. The molecule has 1 unspecified atom stereocenters. The highest BCUT2D eigenvalue weighted by Gasteiger charge is 2.19. The van der Waals surface area contributed by atoms with Crippen LogP contribution in [0, 0.1) is 0 Å². The number of hydrogen-bond acceptors (Lipinski definition) is 4. The molecule has 0 aliphatic carbocycles. The molecule has 1 amide bonds. The van der Waals surface area contributed by atoms with Crippen molar-refractivity contribution in [1.29, 1.82) is 0 Å². The van der Waals surface area contributed by atoms with E-state index in [1.807, 2.05) is 36.6 Å². The van der Waals surface area contributed by atoms with Crippen LogP contribution in [0.3, 0.4) is 0 Å². The summed E-state index contributed by atoms with van der Waals surface area (Å²) in [6, 6.07) is 7.92. The van der Waals surface area contributed by atoms with Gasteiger partial charge in [-0.25, -0.2) is 0 Å². The van der Waals surface area contributed by atoms with Crippen LogP contribution in [-0.4, -0.2) is 24.3 Å². The first kappa shape index (κ1) is 12.2. The van der Waals surface area contributed by atoms with Crippen LogP contribution in [0.25, 0.3) is 10.1 Å². The van der Waals surface area contributed by atoms with Crippen molar-refractivity contribution in [3.05, 3.63) is 35.2 Å². The molecule has 1 aliphatic heterocycles. The van der Waals surface area contributed by atoms with Gasteiger partial charge in [0.1, 0.15) is 6.10 Å². The first-order valence-electron chi connectivity index (χ1n) is 6.18. The average molecular weight is 274 g/mol. The molecule has 2 aromatic rings. The van der Waals surface area contributed by atoms with Crippen LogP contribution in [0.15, 0.2) is 34.8 Å². The van der Waals surface area contributed by atoms with Crippen molar-refractivity contribution in [2.24, 2.45) is 5.16 Å². The van der Waals surface area contributed by atoms with Crippen LogP contribution >= 0.6 is 11.3 Å². The Morgan fingerprint density at radius 2 is 2.37 bits per heavy atom. The fourth-order valence-corrected chi connectivity index (χ4v) is 3.07. The fourth-order valence-electron chi connectivity index (χ4n) is 2.13. The summed E-state index contributed by atoms with van der Waals surface area (Å²) in [5.41, 5.74) is 1.71. The summed E-state index contributed by atoms with van der Waals surface area (Å²) >= 11 is 1.59. The van der Waals surface area contributed by atoms with Gasteiger partial charge >= 0.3 is 0 Å². The quantitative estimate of drug-likeness (QED) is 0.935. The van der Waals surface area contributed by atoms with Crippen molar-refractivity contribution in [1.82, 2.24) is 5.32 Å². The number of benzene rings is 1. The molecule has 98 valence electrons. The van der Waals surface area contributed by atoms with Crippen LogP contribution in [0.1, 0.15) is 23.7 Å². The largest absolute Gasteiger partial charge is 0.390 e. The third-order valence-corrected chi connectivity index (χ3v) is 4.06. The van der Waals surface area contributed by atoms with E-state index in [1.54, 1.807) is 11.3 Å². The van der Waals surface area contributed by atoms with Crippen molar-refractivity contribution in [3.8, 4) is 0 Å². The van der Waals surface area contributed by atoms with Crippen molar-refractivity contribution in [3.63, 3.8) is 0 Å². The van der Waals surface area contributed by atoms with E-state index in [0.29, 0.717) is 6.54 Å². The summed E-state index contributed by atoms with van der Waals surface area (Å²) < 4.78 is 1.13. The lowest BCUT2D eigenvalue weighted by molar-refractivity contribution is 0.0754. The van der Waals surface area contributed by atoms with Gasteiger partial charge in [0.25, 0.3) is 5.91 Å². The molecule has 0 spiro atoms. The van der Waals surface area contributed by atoms with Crippen LogP contribution in [0.5, 0.6) is 0 Å². The summed E-state index contributed by atoms with van der Waals surface area (Å²) in [5.74, 6) is -0.0504. The van der Waals surface area contributed by atoms with Gasteiger partial charge in [0.2, 0.25) is 0 Å². The van der Waals surface area contributed by atoms with Gasteiger partial charge in [0, 0.05) is 21.9 Å². The van der Waals surface area contributed by atoms with Gasteiger partial charge in [-0.1, -0.05) is 23.4 Å². The number of carbonyl (C=O) groups is 1. The smallest absolute Gasteiger partial charge is 0.252 e. The highest BCUT2D eigenvalue weighted by atomic mass is 32.1. The molecular weight excluding hydrogens is 260 g/mol. The lowest BCUT2D eigenvalue weighted by Gasteiger charge is -2.09. The molecule has 4 nitrogen and oxygen atoms in total. The number of rotatable bonds is 3. The number of amides is 1. The Morgan fingerprint density at radius 3 is 3.16 bits per heavy atom. The summed E-state index contributed by atoms with van der Waals surface area (Å²) in [5, 5.41) is 9.69. The molecule has 0 saturated carbocycles. The van der Waals surface area contributed by atoms with E-state index in [4.69, 9.17) is 4.84 Å². The number of oxime groups is 1. The zero-order valence-corrected chi connectivity index (χ0v) is 11.4. The van der Waals surface area contributed by atoms with Gasteiger partial charge in [-0.3, -0.25) is 4.79 Å². The predicted octanol–water partition coefficient (Wildman–Crippen LogP) is 2.80. The number of fused-ring (bicyclic) bond motifs is 1. The maximum Gasteiger partial charge on any atom is 0.252 e. The predicted molar refractivity (Wildman–Crippen MR) is 76.8 cm³/mol. The van der Waals surface area contributed by atoms with E-state index < -0.39 is 0 Å². The minimum atomic E-state index is -0.0504. The Morgan fingerprint density at radius 1 is 1.53 bits per heavy atom. The van der Waals surface area contributed by atoms with Crippen LogP contribution in [0.2, 0.25) is 0 Å². The molecule has 0 bridgehead atoms. The molecule has 1 aromatic carbocycles. The summed E-state index contributed by atoms with van der Waals surface area (Å²) in [6.45, 7) is 2.41. The number of nitrogens with zero attached hydrogens (tertiary/aromatic N) is 1. The molecule has 0 fully saturated rings. The summed E-state index contributed by atoms with van der Waals surface area (Å²) in [6.07, 6.45) is 0.749. The SMILES string of the molecule is CC1=NOC(CNC(=O)c2csc3ccccc23)C1.